The summed E-state index contributed by atoms with van der Waals surface area (Å²) >= 11 is 0. The third kappa shape index (κ3) is 3.82. The fourth-order valence-electron chi connectivity index (χ4n) is 2.43. The van der Waals surface area contributed by atoms with Crippen molar-refractivity contribution in [3.05, 3.63) is 0 Å². The van der Waals surface area contributed by atoms with Gasteiger partial charge in [0, 0.05) is 6.04 Å². The maximum absolute atomic E-state index is 10.5. The maximum atomic E-state index is 10.5. The summed E-state index contributed by atoms with van der Waals surface area (Å²) in [5, 5.41) is 8.62. The zero-order chi connectivity index (χ0) is 11.4. The van der Waals surface area contributed by atoms with Crippen molar-refractivity contribution in [3.63, 3.8) is 0 Å². The highest BCUT2D eigenvalue weighted by atomic mass is 16.4. The lowest BCUT2D eigenvalue weighted by atomic mass is 9.70. The molecule has 0 saturated heterocycles. The molecule has 1 aliphatic rings. The predicted octanol–water partition coefficient (Wildman–Crippen LogP) is 2.25. The summed E-state index contributed by atoms with van der Waals surface area (Å²) in [7, 11) is 0. The van der Waals surface area contributed by atoms with E-state index in [1.165, 1.54) is 19.3 Å². The Morgan fingerprint density at radius 1 is 1.47 bits per heavy atom. The molecule has 0 spiro atoms. The lowest BCUT2D eigenvalue weighted by Crippen LogP contribution is -2.31. The van der Waals surface area contributed by atoms with Gasteiger partial charge < -0.3 is 10.8 Å². The lowest BCUT2D eigenvalue weighted by molar-refractivity contribution is -0.137. The minimum atomic E-state index is -0.786. The third-order valence-electron chi connectivity index (χ3n) is 3.90. The first-order chi connectivity index (χ1) is 7.00. The largest absolute Gasteiger partial charge is 0.481 e. The van der Waals surface area contributed by atoms with Gasteiger partial charge in [-0.15, -0.1) is 0 Å². The van der Waals surface area contributed by atoms with E-state index < -0.39 is 5.97 Å². The fourth-order valence-corrected chi connectivity index (χ4v) is 2.43. The van der Waals surface area contributed by atoms with Crippen LogP contribution in [0, 0.1) is 17.8 Å². The van der Waals surface area contributed by atoms with Gasteiger partial charge in [0.15, 0.2) is 0 Å². The average molecular weight is 213 g/mol. The van der Waals surface area contributed by atoms with Gasteiger partial charge in [0.25, 0.3) is 0 Å². The lowest BCUT2D eigenvalue weighted by Gasteiger charge is -2.35. The molecule has 1 fully saturated rings. The van der Waals surface area contributed by atoms with Crippen LogP contribution in [0.4, 0.5) is 0 Å². The molecule has 0 radical (unpaired) electrons. The standard InChI is InChI=1S/C12H23NO2/c1-8(6-11(13)7-12(14)15)9(2)10-4-3-5-10/h8-11H,3-7,13H2,1-2H3,(H,14,15). The fraction of sp³-hybridized carbons (Fsp3) is 0.917. The van der Waals surface area contributed by atoms with Crippen LogP contribution in [0.3, 0.4) is 0 Å². The van der Waals surface area contributed by atoms with Crippen molar-refractivity contribution in [2.24, 2.45) is 23.5 Å². The van der Waals surface area contributed by atoms with Crippen LogP contribution in [-0.4, -0.2) is 17.1 Å². The molecule has 3 nitrogen and oxygen atoms in total. The van der Waals surface area contributed by atoms with Gasteiger partial charge in [0.1, 0.15) is 0 Å². The second kappa shape index (κ2) is 5.50. The minimum Gasteiger partial charge on any atom is -0.481 e. The molecule has 0 heterocycles. The molecule has 0 amide bonds. The highest BCUT2D eigenvalue weighted by molar-refractivity contribution is 5.67. The molecule has 0 aromatic heterocycles. The van der Waals surface area contributed by atoms with E-state index in [0.717, 1.165) is 12.3 Å². The summed E-state index contributed by atoms with van der Waals surface area (Å²) in [6.45, 7) is 4.48. The molecule has 0 aliphatic heterocycles. The Morgan fingerprint density at radius 2 is 2.07 bits per heavy atom. The first kappa shape index (κ1) is 12.5. The van der Waals surface area contributed by atoms with Gasteiger partial charge in [-0.2, -0.15) is 0 Å². The average Bonchev–Trinajstić information content (AvgIpc) is 1.98. The Bertz CT molecular complexity index is 214. The first-order valence-corrected chi connectivity index (χ1v) is 5.98. The monoisotopic (exact) mass is 213 g/mol. The van der Waals surface area contributed by atoms with E-state index >= 15 is 0 Å². The Morgan fingerprint density at radius 3 is 2.47 bits per heavy atom. The molecule has 3 N–H and O–H groups in total. The molecular weight excluding hydrogens is 190 g/mol. The second-order valence-corrected chi connectivity index (χ2v) is 5.12. The summed E-state index contributed by atoms with van der Waals surface area (Å²) in [5.74, 6) is 1.31. The third-order valence-corrected chi connectivity index (χ3v) is 3.90. The molecule has 15 heavy (non-hydrogen) atoms. The van der Waals surface area contributed by atoms with Crippen LogP contribution in [0.5, 0.6) is 0 Å². The van der Waals surface area contributed by atoms with E-state index in [0.29, 0.717) is 11.8 Å². The van der Waals surface area contributed by atoms with Crippen LogP contribution in [0.15, 0.2) is 0 Å². The molecule has 88 valence electrons. The number of nitrogens with two attached hydrogens (primary N) is 1. The van der Waals surface area contributed by atoms with Crippen molar-refractivity contribution in [2.45, 2.75) is 52.0 Å². The van der Waals surface area contributed by atoms with Crippen LogP contribution in [0.2, 0.25) is 0 Å². The first-order valence-electron chi connectivity index (χ1n) is 5.98. The summed E-state index contributed by atoms with van der Waals surface area (Å²) in [4.78, 5) is 10.5. The van der Waals surface area contributed by atoms with Gasteiger partial charge in [-0.25, -0.2) is 0 Å². The maximum Gasteiger partial charge on any atom is 0.304 e. The van der Waals surface area contributed by atoms with Gasteiger partial charge in [0.05, 0.1) is 6.42 Å². The molecule has 0 aromatic rings. The Labute approximate surface area is 92.0 Å². The van der Waals surface area contributed by atoms with Crippen LogP contribution in [0.1, 0.15) is 46.0 Å². The zero-order valence-electron chi connectivity index (χ0n) is 9.78. The highest BCUT2D eigenvalue weighted by Crippen LogP contribution is 2.38. The van der Waals surface area contributed by atoms with Crippen molar-refractivity contribution in [1.29, 1.82) is 0 Å². The van der Waals surface area contributed by atoms with E-state index in [9.17, 15) is 4.79 Å². The number of carbonyl (C=O) groups is 1. The normalized spacial score (nSPS) is 22.9. The summed E-state index contributed by atoms with van der Waals surface area (Å²) < 4.78 is 0. The number of hydrogen-bond acceptors (Lipinski definition) is 2. The van der Waals surface area contributed by atoms with Gasteiger partial charge >= 0.3 is 5.97 Å². The summed E-state index contributed by atoms with van der Waals surface area (Å²) in [6.07, 6.45) is 4.99. The topological polar surface area (TPSA) is 63.3 Å². The molecule has 1 aliphatic carbocycles. The van der Waals surface area contributed by atoms with Gasteiger partial charge in [-0.05, 0) is 24.2 Å². The number of rotatable bonds is 6. The Hall–Kier alpha value is -0.570. The Kier molecular flexibility index (Phi) is 4.58. The molecule has 0 aromatic carbocycles. The van der Waals surface area contributed by atoms with Gasteiger partial charge in [0.2, 0.25) is 0 Å². The minimum absolute atomic E-state index is 0.0989. The van der Waals surface area contributed by atoms with Gasteiger partial charge in [-0.1, -0.05) is 33.1 Å². The number of hydrogen-bond donors (Lipinski definition) is 2. The summed E-state index contributed by atoms with van der Waals surface area (Å²) in [5.41, 5.74) is 5.79. The number of aliphatic carboxylic acids is 1. The van der Waals surface area contributed by atoms with Crippen molar-refractivity contribution in [2.75, 3.05) is 0 Å². The Balaban J connectivity index is 2.26. The van der Waals surface area contributed by atoms with Gasteiger partial charge in [-0.3, -0.25) is 4.79 Å². The number of carboxylic acids is 1. The van der Waals surface area contributed by atoms with E-state index in [1.807, 2.05) is 0 Å². The van der Waals surface area contributed by atoms with E-state index in [1.54, 1.807) is 0 Å². The zero-order valence-corrected chi connectivity index (χ0v) is 9.78. The van der Waals surface area contributed by atoms with E-state index in [-0.39, 0.29) is 12.5 Å². The van der Waals surface area contributed by atoms with Crippen LogP contribution in [0.25, 0.3) is 0 Å². The highest BCUT2D eigenvalue weighted by Gasteiger charge is 2.28. The van der Waals surface area contributed by atoms with Crippen molar-refractivity contribution in [1.82, 2.24) is 0 Å². The molecule has 1 saturated carbocycles. The van der Waals surface area contributed by atoms with Crippen LogP contribution in [-0.2, 0) is 4.79 Å². The molecule has 0 bridgehead atoms. The molecule has 1 rings (SSSR count). The quantitative estimate of drug-likeness (QED) is 0.711. The van der Waals surface area contributed by atoms with E-state index in [2.05, 4.69) is 13.8 Å². The van der Waals surface area contributed by atoms with Crippen LogP contribution >= 0.6 is 0 Å². The van der Waals surface area contributed by atoms with E-state index in [4.69, 9.17) is 10.8 Å². The predicted molar refractivity (Wildman–Crippen MR) is 60.5 cm³/mol. The molecular formula is C12H23NO2. The van der Waals surface area contributed by atoms with Crippen molar-refractivity contribution >= 4 is 5.97 Å². The second-order valence-electron chi connectivity index (χ2n) is 5.12. The molecule has 3 unspecified atom stereocenters. The summed E-state index contributed by atoms with van der Waals surface area (Å²) in [6, 6.07) is -0.181. The van der Waals surface area contributed by atoms with Crippen molar-refractivity contribution < 1.29 is 9.90 Å². The smallest absolute Gasteiger partial charge is 0.304 e. The van der Waals surface area contributed by atoms with Crippen LogP contribution < -0.4 is 5.73 Å². The molecule has 3 atom stereocenters. The SMILES string of the molecule is CC(CC(N)CC(=O)O)C(C)C1CCC1. The molecule has 3 heteroatoms. The van der Waals surface area contributed by atoms with Crippen molar-refractivity contribution in [3.8, 4) is 0 Å². The number of carboxylic acid groups (broad SMARTS) is 1.